The van der Waals surface area contributed by atoms with Gasteiger partial charge in [0.05, 0.1) is 6.54 Å². The molecule has 2 N–H and O–H groups in total. The van der Waals surface area contributed by atoms with E-state index in [4.69, 9.17) is 5.73 Å². The second kappa shape index (κ2) is 6.53. The molecule has 0 amide bonds. The van der Waals surface area contributed by atoms with Crippen LogP contribution < -0.4 is 5.73 Å². The Morgan fingerprint density at radius 2 is 1.80 bits per heavy atom. The molecule has 8 heteroatoms. The van der Waals surface area contributed by atoms with E-state index in [0.29, 0.717) is 32.0 Å². The Hall–Kier alpha value is -1.15. The van der Waals surface area contributed by atoms with Gasteiger partial charge in [0, 0.05) is 13.1 Å². The fourth-order valence-corrected chi connectivity index (χ4v) is 2.44. The normalized spacial score (nSPS) is 16.4. The number of rotatable bonds is 6. The minimum absolute atomic E-state index is 0.306. The molecule has 0 unspecified atom stereocenters. The molecular formula is C12H20F3N5. The largest absolute Gasteiger partial charge is 0.451 e. The van der Waals surface area contributed by atoms with Gasteiger partial charge in [0.25, 0.3) is 0 Å². The van der Waals surface area contributed by atoms with Crippen molar-refractivity contribution in [2.75, 3.05) is 19.6 Å². The lowest BCUT2D eigenvalue weighted by Gasteiger charge is -2.27. The molecule has 0 spiro atoms. The molecule has 0 fully saturated rings. The van der Waals surface area contributed by atoms with Crippen molar-refractivity contribution in [3.05, 3.63) is 11.6 Å². The first-order valence-corrected chi connectivity index (χ1v) is 6.94. The van der Waals surface area contributed by atoms with Gasteiger partial charge in [0.1, 0.15) is 5.82 Å². The van der Waals surface area contributed by atoms with Crippen molar-refractivity contribution in [2.24, 2.45) is 5.73 Å². The van der Waals surface area contributed by atoms with Crippen molar-refractivity contribution in [1.29, 1.82) is 0 Å². The number of nitrogens with zero attached hydrogens (tertiary/aromatic N) is 4. The van der Waals surface area contributed by atoms with E-state index >= 15 is 0 Å². The van der Waals surface area contributed by atoms with E-state index in [1.807, 2.05) is 0 Å². The molecule has 2 heterocycles. The Kier molecular flexibility index (Phi) is 4.98. The van der Waals surface area contributed by atoms with Crippen LogP contribution in [-0.4, -0.2) is 39.3 Å². The summed E-state index contributed by atoms with van der Waals surface area (Å²) in [6.07, 6.45) is -0.133. The van der Waals surface area contributed by atoms with Crippen molar-refractivity contribution < 1.29 is 13.2 Å². The Morgan fingerprint density at radius 3 is 2.50 bits per heavy atom. The summed E-state index contributed by atoms with van der Waals surface area (Å²) in [6.45, 7) is 2.97. The minimum atomic E-state index is -4.42. The number of unbranched alkanes of at least 4 members (excludes halogenated alkanes) is 3. The topological polar surface area (TPSA) is 60.0 Å². The number of halogens is 3. The first-order valence-electron chi connectivity index (χ1n) is 6.94. The maximum atomic E-state index is 12.7. The third-order valence-electron chi connectivity index (χ3n) is 3.51. The Labute approximate surface area is 115 Å². The smallest absolute Gasteiger partial charge is 0.330 e. The van der Waals surface area contributed by atoms with E-state index in [2.05, 4.69) is 15.1 Å². The summed E-state index contributed by atoms with van der Waals surface area (Å²) in [6, 6.07) is 0. The van der Waals surface area contributed by atoms with Crippen LogP contribution in [-0.2, 0) is 19.3 Å². The first kappa shape index (κ1) is 15.2. The average molecular weight is 291 g/mol. The van der Waals surface area contributed by atoms with Gasteiger partial charge in [0.2, 0.25) is 5.82 Å². The third kappa shape index (κ3) is 3.69. The van der Waals surface area contributed by atoms with Gasteiger partial charge >= 0.3 is 6.18 Å². The first-order chi connectivity index (χ1) is 9.52. The van der Waals surface area contributed by atoms with Crippen LogP contribution in [0.2, 0.25) is 0 Å². The lowest BCUT2D eigenvalue weighted by atomic mass is 10.2. The highest BCUT2D eigenvalue weighted by molar-refractivity contribution is 5.02. The maximum Gasteiger partial charge on any atom is 0.451 e. The molecule has 1 aromatic rings. The van der Waals surface area contributed by atoms with Crippen molar-refractivity contribution >= 4 is 0 Å². The van der Waals surface area contributed by atoms with Crippen molar-refractivity contribution in [1.82, 2.24) is 19.7 Å². The fraction of sp³-hybridized carbons (Fsp3) is 0.833. The zero-order chi connectivity index (χ0) is 14.6. The molecule has 20 heavy (non-hydrogen) atoms. The predicted molar refractivity (Wildman–Crippen MR) is 67.8 cm³/mol. The molecule has 0 aliphatic carbocycles. The minimum Gasteiger partial charge on any atom is -0.330 e. The summed E-state index contributed by atoms with van der Waals surface area (Å²) in [5, 5.41) is 6.94. The summed E-state index contributed by atoms with van der Waals surface area (Å²) in [4.78, 5) is 2.13. The molecule has 1 aromatic heterocycles. The van der Waals surface area contributed by atoms with Gasteiger partial charge in [-0.2, -0.15) is 13.2 Å². The molecule has 0 radical (unpaired) electrons. The zero-order valence-corrected chi connectivity index (χ0v) is 11.4. The number of aromatic nitrogens is 3. The monoisotopic (exact) mass is 291 g/mol. The van der Waals surface area contributed by atoms with Gasteiger partial charge in [-0.3, -0.25) is 4.90 Å². The van der Waals surface area contributed by atoms with Gasteiger partial charge in [-0.15, -0.1) is 10.2 Å². The molecule has 0 atom stereocenters. The van der Waals surface area contributed by atoms with Crippen LogP contribution in [0.25, 0.3) is 0 Å². The van der Waals surface area contributed by atoms with E-state index in [-0.39, 0.29) is 0 Å². The van der Waals surface area contributed by atoms with Crippen LogP contribution in [0.3, 0.4) is 0 Å². The number of nitrogens with two attached hydrogens (primary N) is 1. The second-order valence-corrected chi connectivity index (χ2v) is 5.07. The van der Waals surface area contributed by atoms with Gasteiger partial charge in [-0.25, -0.2) is 0 Å². The van der Waals surface area contributed by atoms with Crippen LogP contribution in [0.5, 0.6) is 0 Å². The van der Waals surface area contributed by atoms with Crippen LogP contribution in [0.1, 0.15) is 37.3 Å². The fourth-order valence-electron chi connectivity index (χ4n) is 2.44. The van der Waals surface area contributed by atoms with Gasteiger partial charge in [-0.1, -0.05) is 12.8 Å². The second-order valence-electron chi connectivity index (χ2n) is 5.07. The highest BCUT2D eigenvalue weighted by Gasteiger charge is 2.39. The highest BCUT2D eigenvalue weighted by Crippen LogP contribution is 2.29. The molecule has 0 bridgehead atoms. The van der Waals surface area contributed by atoms with E-state index in [0.717, 1.165) is 32.2 Å². The van der Waals surface area contributed by atoms with Gasteiger partial charge in [0.15, 0.2) is 0 Å². The predicted octanol–water partition coefficient (Wildman–Crippen LogP) is 1.63. The number of hydrogen-bond acceptors (Lipinski definition) is 4. The third-order valence-corrected chi connectivity index (χ3v) is 3.51. The summed E-state index contributed by atoms with van der Waals surface area (Å²) in [5.74, 6) is -0.472. The molecule has 0 saturated heterocycles. The SMILES string of the molecule is NCCCCCCN1CCn2c(nnc2C(F)(F)F)C1. The summed E-state index contributed by atoms with van der Waals surface area (Å²) in [5.41, 5.74) is 5.42. The molecule has 5 nitrogen and oxygen atoms in total. The number of hydrogen-bond donors (Lipinski definition) is 1. The molecule has 0 aromatic carbocycles. The molecule has 1 aliphatic heterocycles. The van der Waals surface area contributed by atoms with Gasteiger partial charge in [-0.05, 0) is 25.9 Å². The quantitative estimate of drug-likeness (QED) is 0.809. The Morgan fingerprint density at radius 1 is 1.05 bits per heavy atom. The van der Waals surface area contributed by atoms with E-state index in [1.54, 1.807) is 0 Å². The molecule has 0 saturated carbocycles. The Bertz CT molecular complexity index is 429. The summed E-state index contributed by atoms with van der Waals surface area (Å²) >= 11 is 0. The van der Waals surface area contributed by atoms with Gasteiger partial charge < -0.3 is 10.3 Å². The van der Waals surface area contributed by atoms with Crippen molar-refractivity contribution in [3.8, 4) is 0 Å². The van der Waals surface area contributed by atoms with Crippen molar-refractivity contribution in [2.45, 2.75) is 44.9 Å². The van der Waals surface area contributed by atoms with Crippen LogP contribution in [0.4, 0.5) is 13.2 Å². The standard InChI is InChI=1S/C12H20F3N5/c13-12(14,15)11-18-17-10-9-19(7-8-20(10)11)6-4-2-1-3-5-16/h1-9,16H2. The average Bonchev–Trinajstić information content (AvgIpc) is 2.81. The summed E-state index contributed by atoms with van der Waals surface area (Å²) < 4.78 is 39.2. The number of alkyl halides is 3. The molecule has 114 valence electrons. The van der Waals surface area contributed by atoms with Crippen LogP contribution in [0.15, 0.2) is 0 Å². The zero-order valence-electron chi connectivity index (χ0n) is 11.4. The lowest BCUT2D eigenvalue weighted by molar-refractivity contribution is -0.148. The Balaban J connectivity index is 1.84. The van der Waals surface area contributed by atoms with Crippen LogP contribution >= 0.6 is 0 Å². The highest BCUT2D eigenvalue weighted by atomic mass is 19.4. The summed E-state index contributed by atoms with van der Waals surface area (Å²) in [7, 11) is 0. The molecular weight excluding hydrogens is 271 g/mol. The lowest BCUT2D eigenvalue weighted by Crippen LogP contribution is -2.35. The van der Waals surface area contributed by atoms with E-state index in [9.17, 15) is 13.2 Å². The van der Waals surface area contributed by atoms with E-state index < -0.39 is 12.0 Å². The molecule has 2 rings (SSSR count). The van der Waals surface area contributed by atoms with E-state index in [1.165, 1.54) is 4.57 Å². The maximum absolute atomic E-state index is 12.7. The van der Waals surface area contributed by atoms with Crippen LogP contribution in [0, 0.1) is 0 Å². The number of fused-ring (bicyclic) bond motifs is 1. The molecule has 1 aliphatic rings. The van der Waals surface area contributed by atoms with Crippen molar-refractivity contribution in [3.63, 3.8) is 0 Å².